The van der Waals surface area contributed by atoms with Crippen molar-refractivity contribution in [3.63, 3.8) is 0 Å². The molecule has 0 aromatic heterocycles. The zero-order valence-corrected chi connectivity index (χ0v) is 15.3. The average Bonchev–Trinajstić information content (AvgIpc) is 2.67. The first-order valence-corrected chi connectivity index (χ1v) is 9.50. The van der Waals surface area contributed by atoms with Gasteiger partial charge >= 0.3 is 0 Å². The Hall–Kier alpha value is -3.09. The second kappa shape index (κ2) is 7.65. The molecule has 0 saturated carbocycles. The van der Waals surface area contributed by atoms with E-state index in [9.17, 15) is 13.2 Å². The summed E-state index contributed by atoms with van der Waals surface area (Å²) in [7, 11) is -2.57. The molecule has 1 aliphatic rings. The first-order chi connectivity index (χ1) is 12.9. The summed E-state index contributed by atoms with van der Waals surface area (Å²) in [4.78, 5) is 12.2. The molecule has 0 fully saturated rings. The van der Waals surface area contributed by atoms with Gasteiger partial charge in [-0.2, -0.15) is 9.57 Å². The summed E-state index contributed by atoms with van der Waals surface area (Å²) in [5.41, 5.74) is 0.814. The number of rotatable bonds is 5. The van der Waals surface area contributed by atoms with E-state index in [0.29, 0.717) is 36.0 Å². The molecule has 2 aromatic rings. The summed E-state index contributed by atoms with van der Waals surface area (Å²) in [6.45, 7) is 0.371. The van der Waals surface area contributed by atoms with Gasteiger partial charge in [-0.3, -0.25) is 4.79 Å². The maximum absolute atomic E-state index is 12.7. The molecule has 1 heterocycles. The van der Waals surface area contributed by atoms with Crippen LogP contribution in [0.4, 0.5) is 5.69 Å². The number of carbonyl (C=O) groups excluding carboxylic acids is 1. The number of sulfonamides is 1. The Morgan fingerprint density at radius 2 is 1.93 bits per heavy atom. The Labute approximate surface area is 157 Å². The molecule has 1 amide bonds. The molecule has 0 aliphatic carbocycles. The third-order valence-electron chi connectivity index (χ3n) is 3.86. The number of nitriles is 1. The van der Waals surface area contributed by atoms with Crippen molar-refractivity contribution < 1.29 is 22.7 Å². The Morgan fingerprint density at radius 3 is 2.67 bits per heavy atom. The van der Waals surface area contributed by atoms with Gasteiger partial charge in [0.1, 0.15) is 13.2 Å². The van der Waals surface area contributed by atoms with E-state index in [1.807, 2.05) is 6.07 Å². The molecule has 0 atom stereocenters. The van der Waals surface area contributed by atoms with E-state index in [1.165, 1.54) is 31.3 Å². The molecule has 140 valence electrons. The van der Waals surface area contributed by atoms with Crippen LogP contribution in [0.25, 0.3) is 0 Å². The number of likely N-dealkylation sites (N-methyl/N-ethyl adjacent to an activating group) is 1. The van der Waals surface area contributed by atoms with Crippen LogP contribution in [0.2, 0.25) is 0 Å². The summed E-state index contributed by atoms with van der Waals surface area (Å²) in [6, 6.07) is 12.7. The number of carbonyl (C=O) groups is 1. The van der Waals surface area contributed by atoms with Crippen LogP contribution in [0.15, 0.2) is 47.4 Å². The zero-order valence-electron chi connectivity index (χ0n) is 14.5. The molecule has 1 N–H and O–H groups in total. The number of hydrogen-bond acceptors (Lipinski definition) is 6. The number of nitrogens with zero attached hydrogens (tertiary/aromatic N) is 2. The van der Waals surface area contributed by atoms with Crippen molar-refractivity contribution in [2.45, 2.75) is 4.90 Å². The molecule has 8 nitrogen and oxygen atoms in total. The fourth-order valence-corrected chi connectivity index (χ4v) is 3.66. The summed E-state index contributed by atoms with van der Waals surface area (Å²) >= 11 is 0. The minimum Gasteiger partial charge on any atom is -0.486 e. The van der Waals surface area contributed by atoms with Crippen molar-refractivity contribution in [1.82, 2.24) is 4.31 Å². The van der Waals surface area contributed by atoms with Gasteiger partial charge in [-0.05, 0) is 30.3 Å². The third-order valence-corrected chi connectivity index (χ3v) is 5.66. The summed E-state index contributed by atoms with van der Waals surface area (Å²) < 4.78 is 37.2. The number of anilines is 1. The number of benzene rings is 2. The average molecular weight is 387 g/mol. The fraction of sp³-hybridized carbons (Fsp3) is 0.222. The Morgan fingerprint density at radius 1 is 1.19 bits per heavy atom. The molecule has 2 aromatic carbocycles. The number of fused-ring (bicyclic) bond motifs is 1. The first-order valence-electron chi connectivity index (χ1n) is 8.06. The smallest absolute Gasteiger partial charge is 0.243 e. The lowest BCUT2D eigenvalue weighted by atomic mass is 10.2. The third kappa shape index (κ3) is 4.19. The number of ether oxygens (including phenoxy) is 2. The highest BCUT2D eigenvalue weighted by molar-refractivity contribution is 7.89. The largest absolute Gasteiger partial charge is 0.486 e. The van der Waals surface area contributed by atoms with E-state index >= 15 is 0 Å². The molecule has 0 bridgehead atoms. The summed E-state index contributed by atoms with van der Waals surface area (Å²) in [5.74, 6) is 0.320. The van der Waals surface area contributed by atoms with Crippen LogP contribution >= 0.6 is 0 Å². The molecule has 0 radical (unpaired) electrons. The van der Waals surface area contributed by atoms with E-state index in [-0.39, 0.29) is 11.4 Å². The lowest BCUT2D eigenvalue weighted by Gasteiger charge is -2.21. The molecule has 27 heavy (non-hydrogen) atoms. The number of hydrogen-bond donors (Lipinski definition) is 1. The minimum atomic E-state index is -3.89. The van der Waals surface area contributed by atoms with Gasteiger partial charge in [0, 0.05) is 18.8 Å². The molecule has 0 spiro atoms. The van der Waals surface area contributed by atoms with Gasteiger partial charge in [0.2, 0.25) is 15.9 Å². The lowest BCUT2D eigenvalue weighted by molar-refractivity contribution is -0.116. The molecule has 0 unspecified atom stereocenters. The van der Waals surface area contributed by atoms with Crippen molar-refractivity contribution >= 4 is 21.6 Å². The topological polar surface area (TPSA) is 109 Å². The molecular formula is C18H17N3O5S. The van der Waals surface area contributed by atoms with Crippen LogP contribution in [0.3, 0.4) is 0 Å². The van der Waals surface area contributed by atoms with Crippen molar-refractivity contribution in [3.8, 4) is 17.6 Å². The van der Waals surface area contributed by atoms with Crippen molar-refractivity contribution in [1.29, 1.82) is 5.26 Å². The standard InChI is InChI=1S/C18H17N3O5S/c1-21(12-18(22)20-14-4-2-3-13(9-14)11-19)27(23,24)15-5-6-16-17(10-15)26-8-7-25-16/h2-6,9-10H,7-8,12H2,1H3,(H,20,22). The fourth-order valence-electron chi connectivity index (χ4n) is 2.52. The zero-order chi connectivity index (χ0) is 19.4. The normalized spacial score (nSPS) is 13.1. The van der Waals surface area contributed by atoms with E-state index in [1.54, 1.807) is 18.2 Å². The molecule has 9 heteroatoms. The molecule has 0 saturated heterocycles. The highest BCUT2D eigenvalue weighted by atomic mass is 32.2. The minimum absolute atomic E-state index is 0.00790. The van der Waals surface area contributed by atoms with Gasteiger partial charge in [0.25, 0.3) is 0 Å². The quantitative estimate of drug-likeness (QED) is 0.834. The van der Waals surface area contributed by atoms with Crippen LogP contribution in [-0.2, 0) is 14.8 Å². The van der Waals surface area contributed by atoms with E-state index in [0.717, 1.165) is 4.31 Å². The van der Waals surface area contributed by atoms with Gasteiger partial charge < -0.3 is 14.8 Å². The second-order valence-electron chi connectivity index (χ2n) is 5.81. The predicted molar refractivity (Wildman–Crippen MR) is 97.0 cm³/mol. The Balaban J connectivity index is 1.71. The predicted octanol–water partition coefficient (Wildman–Crippen LogP) is 1.59. The molecule has 1 aliphatic heterocycles. The van der Waals surface area contributed by atoms with Crippen LogP contribution in [0, 0.1) is 11.3 Å². The Bertz CT molecular complexity index is 1010. The van der Waals surface area contributed by atoms with Gasteiger partial charge in [-0.25, -0.2) is 8.42 Å². The highest BCUT2D eigenvalue weighted by Gasteiger charge is 2.25. The van der Waals surface area contributed by atoms with E-state index in [2.05, 4.69) is 5.32 Å². The number of amides is 1. The van der Waals surface area contributed by atoms with Crippen molar-refractivity contribution in [2.75, 3.05) is 32.1 Å². The van der Waals surface area contributed by atoms with Crippen LogP contribution in [0.1, 0.15) is 5.56 Å². The van der Waals surface area contributed by atoms with Crippen molar-refractivity contribution in [2.24, 2.45) is 0 Å². The molecular weight excluding hydrogens is 370 g/mol. The SMILES string of the molecule is CN(CC(=O)Nc1cccc(C#N)c1)S(=O)(=O)c1ccc2c(c1)OCCO2. The van der Waals surface area contributed by atoms with E-state index in [4.69, 9.17) is 14.7 Å². The van der Waals surface area contributed by atoms with Gasteiger partial charge in [-0.15, -0.1) is 0 Å². The maximum atomic E-state index is 12.7. The molecule has 3 rings (SSSR count). The lowest BCUT2D eigenvalue weighted by Crippen LogP contribution is -2.35. The maximum Gasteiger partial charge on any atom is 0.243 e. The van der Waals surface area contributed by atoms with E-state index < -0.39 is 15.9 Å². The van der Waals surface area contributed by atoms with Gasteiger partial charge in [0.15, 0.2) is 11.5 Å². The van der Waals surface area contributed by atoms with Gasteiger partial charge in [0.05, 0.1) is 23.1 Å². The second-order valence-corrected chi connectivity index (χ2v) is 7.85. The van der Waals surface area contributed by atoms with Crippen LogP contribution in [0.5, 0.6) is 11.5 Å². The van der Waals surface area contributed by atoms with Crippen LogP contribution < -0.4 is 14.8 Å². The number of nitrogens with one attached hydrogen (secondary N) is 1. The van der Waals surface area contributed by atoms with Crippen LogP contribution in [-0.4, -0.2) is 45.4 Å². The Kier molecular flexibility index (Phi) is 5.30. The van der Waals surface area contributed by atoms with Crippen molar-refractivity contribution in [3.05, 3.63) is 48.0 Å². The summed E-state index contributed by atoms with van der Waals surface area (Å²) in [5, 5.41) is 11.5. The van der Waals surface area contributed by atoms with Gasteiger partial charge in [-0.1, -0.05) is 6.07 Å². The first kappa shape index (κ1) is 18.7. The monoisotopic (exact) mass is 387 g/mol. The highest BCUT2D eigenvalue weighted by Crippen LogP contribution is 2.32. The summed E-state index contributed by atoms with van der Waals surface area (Å²) in [6.07, 6.45) is 0.